The SMILES string of the molecule is c1ccc(-c2ccc(-c3ccc4c(c3)c(-c3ccc(-c5ccccc5)cc3)c(-c3ccccc3)n4-c3ccc(-c4ccc5oc6ccccc6c5c4)cc3)cc2)cc1. The molecular formula is C56H37NO. The maximum atomic E-state index is 6.14. The molecule has 58 heavy (non-hydrogen) atoms. The third-order valence-corrected chi connectivity index (χ3v) is 11.5. The molecule has 11 aromatic rings. The molecule has 0 spiro atoms. The molecule has 2 heteroatoms. The van der Waals surface area contributed by atoms with E-state index in [2.05, 4.69) is 217 Å². The lowest BCUT2D eigenvalue weighted by Crippen LogP contribution is -1.97. The minimum absolute atomic E-state index is 0.906. The van der Waals surface area contributed by atoms with Crippen LogP contribution in [0.15, 0.2) is 229 Å². The molecule has 11 rings (SSSR count). The Morgan fingerprint density at radius 1 is 0.276 bits per heavy atom. The van der Waals surface area contributed by atoms with Gasteiger partial charge in [0.1, 0.15) is 11.2 Å². The van der Waals surface area contributed by atoms with E-state index in [1.165, 1.54) is 55.6 Å². The van der Waals surface area contributed by atoms with Crippen LogP contribution in [0.3, 0.4) is 0 Å². The Morgan fingerprint density at radius 2 is 0.690 bits per heavy atom. The van der Waals surface area contributed by atoms with Crippen molar-refractivity contribution < 1.29 is 4.42 Å². The van der Waals surface area contributed by atoms with Gasteiger partial charge in [0.05, 0.1) is 11.2 Å². The third-order valence-electron chi connectivity index (χ3n) is 11.5. The van der Waals surface area contributed by atoms with Gasteiger partial charge in [0.15, 0.2) is 0 Å². The molecule has 0 bridgehead atoms. The topological polar surface area (TPSA) is 18.1 Å². The van der Waals surface area contributed by atoms with Gasteiger partial charge in [0, 0.05) is 27.4 Å². The number of hydrogen-bond donors (Lipinski definition) is 0. The van der Waals surface area contributed by atoms with Crippen LogP contribution in [0.1, 0.15) is 0 Å². The molecule has 272 valence electrons. The number of para-hydroxylation sites is 1. The van der Waals surface area contributed by atoms with Gasteiger partial charge in [0.25, 0.3) is 0 Å². The van der Waals surface area contributed by atoms with Crippen molar-refractivity contribution in [2.24, 2.45) is 0 Å². The van der Waals surface area contributed by atoms with Crippen LogP contribution in [0.2, 0.25) is 0 Å². The second kappa shape index (κ2) is 14.1. The number of fused-ring (bicyclic) bond motifs is 4. The number of furan rings is 1. The summed E-state index contributed by atoms with van der Waals surface area (Å²) in [4.78, 5) is 0. The van der Waals surface area contributed by atoms with Crippen molar-refractivity contribution >= 4 is 32.8 Å². The number of hydrogen-bond acceptors (Lipinski definition) is 1. The molecular weight excluding hydrogens is 703 g/mol. The van der Waals surface area contributed by atoms with E-state index in [-0.39, 0.29) is 0 Å². The highest BCUT2D eigenvalue weighted by Crippen LogP contribution is 2.45. The Kier molecular flexibility index (Phi) is 8.19. The first-order valence-electron chi connectivity index (χ1n) is 19.8. The Balaban J connectivity index is 1.09. The van der Waals surface area contributed by atoms with E-state index in [0.717, 1.165) is 49.8 Å². The van der Waals surface area contributed by atoms with Gasteiger partial charge in [-0.15, -0.1) is 0 Å². The lowest BCUT2D eigenvalue weighted by molar-refractivity contribution is 0.669. The summed E-state index contributed by atoms with van der Waals surface area (Å²) in [6.45, 7) is 0. The maximum Gasteiger partial charge on any atom is 0.135 e. The molecule has 0 saturated heterocycles. The first kappa shape index (κ1) is 33.6. The normalized spacial score (nSPS) is 11.4. The summed E-state index contributed by atoms with van der Waals surface area (Å²) in [6.07, 6.45) is 0. The number of nitrogens with zero attached hydrogens (tertiary/aromatic N) is 1. The Hall–Kier alpha value is -7.68. The van der Waals surface area contributed by atoms with Crippen molar-refractivity contribution in [1.29, 1.82) is 0 Å². The fourth-order valence-electron chi connectivity index (χ4n) is 8.55. The molecule has 0 aliphatic rings. The summed E-state index contributed by atoms with van der Waals surface area (Å²) >= 11 is 0. The summed E-state index contributed by atoms with van der Waals surface area (Å²) in [5.74, 6) is 0. The van der Waals surface area contributed by atoms with E-state index >= 15 is 0 Å². The number of benzene rings is 9. The van der Waals surface area contributed by atoms with Crippen molar-refractivity contribution in [3.8, 4) is 72.6 Å². The van der Waals surface area contributed by atoms with Gasteiger partial charge in [-0.3, -0.25) is 0 Å². The number of aromatic nitrogens is 1. The van der Waals surface area contributed by atoms with E-state index < -0.39 is 0 Å². The van der Waals surface area contributed by atoms with Gasteiger partial charge in [-0.2, -0.15) is 0 Å². The summed E-state index contributed by atoms with van der Waals surface area (Å²) in [6, 6.07) is 80.8. The van der Waals surface area contributed by atoms with Crippen LogP contribution in [-0.4, -0.2) is 4.57 Å². The zero-order valence-corrected chi connectivity index (χ0v) is 31.7. The Morgan fingerprint density at radius 3 is 1.29 bits per heavy atom. The first-order valence-corrected chi connectivity index (χ1v) is 19.8. The molecule has 0 aliphatic heterocycles. The molecule has 0 saturated carbocycles. The summed E-state index contributed by atoms with van der Waals surface area (Å²) in [7, 11) is 0. The summed E-state index contributed by atoms with van der Waals surface area (Å²) in [5, 5.41) is 3.48. The molecule has 0 N–H and O–H groups in total. The molecule has 0 fully saturated rings. The summed E-state index contributed by atoms with van der Waals surface area (Å²) in [5.41, 5.74) is 18.3. The van der Waals surface area contributed by atoms with E-state index in [1.807, 2.05) is 12.1 Å². The maximum absolute atomic E-state index is 6.14. The van der Waals surface area contributed by atoms with E-state index in [4.69, 9.17) is 4.42 Å². The van der Waals surface area contributed by atoms with E-state index in [9.17, 15) is 0 Å². The fraction of sp³-hybridized carbons (Fsp3) is 0. The van der Waals surface area contributed by atoms with Crippen LogP contribution in [0.25, 0.3) is 105 Å². The molecule has 0 radical (unpaired) electrons. The first-order chi connectivity index (χ1) is 28.7. The largest absolute Gasteiger partial charge is 0.456 e. The minimum atomic E-state index is 0.906. The predicted octanol–water partition coefficient (Wildman–Crippen LogP) is 15.5. The zero-order chi connectivity index (χ0) is 38.4. The van der Waals surface area contributed by atoms with Crippen LogP contribution >= 0.6 is 0 Å². The Bertz CT molecular complexity index is 3210. The van der Waals surface area contributed by atoms with Crippen LogP contribution in [0.4, 0.5) is 0 Å². The molecule has 0 amide bonds. The molecule has 0 aliphatic carbocycles. The van der Waals surface area contributed by atoms with Crippen molar-refractivity contribution in [1.82, 2.24) is 4.57 Å². The third kappa shape index (κ3) is 5.91. The van der Waals surface area contributed by atoms with Crippen LogP contribution in [-0.2, 0) is 0 Å². The minimum Gasteiger partial charge on any atom is -0.456 e. The average Bonchev–Trinajstić information content (AvgIpc) is 3.85. The molecule has 9 aromatic carbocycles. The predicted molar refractivity (Wildman–Crippen MR) is 243 cm³/mol. The van der Waals surface area contributed by atoms with Crippen molar-refractivity contribution in [2.75, 3.05) is 0 Å². The standard InChI is InChI=1S/C56H37NO/c1-4-12-38(13-5-1)40-20-22-42(23-21-40)46-30-34-52-51(37-46)55(44-26-24-41(25-27-44)39-14-6-2-7-15-39)56(45-16-8-3-9-17-45)57(52)48-32-28-43(29-33-48)47-31-35-54-50(36-47)49-18-10-11-19-53(49)58-54/h1-37H. The summed E-state index contributed by atoms with van der Waals surface area (Å²) < 4.78 is 8.59. The number of rotatable bonds is 7. The van der Waals surface area contributed by atoms with Gasteiger partial charge in [-0.1, -0.05) is 182 Å². The zero-order valence-electron chi connectivity index (χ0n) is 31.7. The van der Waals surface area contributed by atoms with Crippen LogP contribution in [0.5, 0.6) is 0 Å². The Labute approximate surface area is 337 Å². The lowest BCUT2D eigenvalue weighted by atomic mass is 9.94. The van der Waals surface area contributed by atoms with Crippen LogP contribution in [0, 0.1) is 0 Å². The molecule has 2 heterocycles. The highest BCUT2D eigenvalue weighted by atomic mass is 16.3. The van der Waals surface area contributed by atoms with E-state index in [1.54, 1.807) is 0 Å². The van der Waals surface area contributed by atoms with Gasteiger partial charge >= 0.3 is 0 Å². The highest BCUT2D eigenvalue weighted by Gasteiger charge is 2.22. The van der Waals surface area contributed by atoms with Crippen molar-refractivity contribution in [3.05, 3.63) is 224 Å². The quantitative estimate of drug-likeness (QED) is 0.159. The van der Waals surface area contributed by atoms with E-state index in [0.29, 0.717) is 0 Å². The van der Waals surface area contributed by atoms with Gasteiger partial charge in [-0.25, -0.2) is 0 Å². The average molecular weight is 740 g/mol. The van der Waals surface area contributed by atoms with Gasteiger partial charge in [0.2, 0.25) is 0 Å². The monoisotopic (exact) mass is 739 g/mol. The van der Waals surface area contributed by atoms with Gasteiger partial charge in [-0.05, 0) is 98.1 Å². The molecule has 0 unspecified atom stereocenters. The van der Waals surface area contributed by atoms with Gasteiger partial charge < -0.3 is 8.98 Å². The molecule has 2 nitrogen and oxygen atoms in total. The second-order valence-corrected chi connectivity index (χ2v) is 14.9. The lowest BCUT2D eigenvalue weighted by Gasteiger charge is -2.14. The smallest absolute Gasteiger partial charge is 0.135 e. The highest BCUT2D eigenvalue weighted by molar-refractivity contribution is 6.08. The molecule has 2 aromatic heterocycles. The van der Waals surface area contributed by atoms with Crippen LogP contribution < -0.4 is 0 Å². The van der Waals surface area contributed by atoms with Crippen molar-refractivity contribution in [3.63, 3.8) is 0 Å². The second-order valence-electron chi connectivity index (χ2n) is 14.9. The van der Waals surface area contributed by atoms with Crippen molar-refractivity contribution in [2.45, 2.75) is 0 Å². The molecule has 0 atom stereocenters. The fourth-order valence-corrected chi connectivity index (χ4v) is 8.55.